The zero-order valence-corrected chi connectivity index (χ0v) is 10.2. The molecule has 0 unspecified atom stereocenters. The number of rotatable bonds is 4. The van der Waals surface area contributed by atoms with Crippen molar-refractivity contribution in [2.45, 2.75) is 19.8 Å². The van der Waals surface area contributed by atoms with Crippen LogP contribution in [0.15, 0.2) is 24.3 Å². The Morgan fingerprint density at radius 2 is 1.88 bits per heavy atom. The van der Waals surface area contributed by atoms with Gasteiger partial charge in [0, 0.05) is 17.7 Å². The number of carbonyl (C=O) groups excluding carboxylic acids is 1. The van der Waals surface area contributed by atoms with E-state index in [4.69, 9.17) is 0 Å². The van der Waals surface area contributed by atoms with Gasteiger partial charge in [-0.3, -0.25) is 14.9 Å². The minimum absolute atomic E-state index is 0.420. The zero-order valence-electron chi connectivity index (χ0n) is 10.2. The summed E-state index contributed by atoms with van der Waals surface area (Å²) in [5, 5.41) is 10.2. The Balaban J connectivity index is 2.79. The highest BCUT2D eigenvalue weighted by Gasteiger charge is 2.16. The number of carbonyl (C=O) groups is 1. The van der Waals surface area contributed by atoms with Gasteiger partial charge in [0.1, 0.15) is 0 Å². The molecule has 0 bridgehead atoms. The van der Waals surface area contributed by atoms with Crippen LogP contribution in [0.3, 0.4) is 0 Å². The van der Waals surface area contributed by atoms with Crippen LogP contribution in [0.5, 0.6) is 0 Å². The van der Waals surface area contributed by atoms with Crippen molar-refractivity contribution >= 4 is 11.6 Å². The van der Waals surface area contributed by atoms with Crippen molar-refractivity contribution in [1.29, 1.82) is 0 Å². The van der Waals surface area contributed by atoms with E-state index in [1.54, 1.807) is 12.1 Å². The van der Waals surface area contributed by atoms with Gasteiger partial charge in [0.2, 0.25) is 0 Å². The van der Waals surface area contributed by atoms with Gasteiger partial charge in [-0.15, -0.1) is 0 Å². The zero-order chi connectivity index (χ0) is 13.0. The molecular weight excluding hydrogens is 220 g/mol. The summed E-state index contributed by atoms with van der Waals surface area (Å²) in [6.45, 7) is 3.48. The SMILES string of the molecule is CC(C)c1ccc(N(C)C(=O)C[N+](=O)[O-])cc1. The average Bonchev–Trinajstić information content (AvgIpc) is 2.27. The summed E-state index contributed by atoms with van der Waals surface area (Å²) in [5.74, 6) is -0.101. The summed E-state index contributed by atoms with van der Waals surface area (Å²) in [7, 11) is 1.54. The third-order valence-electron chi connectivity index (χ3n) is 2.59. The summed E-state index contributed by atoms with van der Waals surface area (Å²) in [4.78, 5) is 22.4. The summed E-state index contributed by atoms with van der Waals surface area (Å²) < 4.78 is 0. The molecule has 0 heterocycles. The van der Waals surface area contributed by atoms with Crippen LogP contribution in [-0.4, -0.2) is 24.4 Å². The van der Waals surface area contributed by atoms with E-state index >= 15 is 0 Å². The molecule has 17 heavy (non-hydrogen) atoms. The molecule has 0 aliphatic rings. The van der Waals surface area contributed by atoms with Crippen LogP contribution < -0.4 is 4.90 Å². The molecule has 0 N–H and O–H groups in total. The van der Waals surface area contributed by atoms with Crippen molar-refractivity contribution < 1.29 is 9.72 Å². The van der Waals surface area contributed by atoms with E-state index in [2.05, 4.69) is 13.8 Å². The van der Waals surface area contributed by atoms with Crippen LogP contribution in [0.1, 0.15) is 25.3 Å². The molecule has 0 saturated carbocycles. The lowest BCUT2D eigenvalue weighted by Crippen LogP contribution is -2.32. The number of amides is 1. The number of likely N-dealkylation sites (N-methyl/N-ethyl adjacent to an activating group) is 1. The first-order valence-corrected chi connectivity index (χ1v) is 5.40. The molecule has 92 valence electrons. The van der Waals surface area contributed by atoms with E-state index in [0.717, 1.165) is 0 Å². The molecule has 1 amide bonds. The molecule has 5 heteroatoms. The topological polar surface area (TPSA) is 63.5 Å². The van der Waals surface area contributed by atoms with E-state index in [1.807, 2.05) is 12.1 Å². The maximum Gasteiger partial charge on any atom is 0.298 e. The quantitative estimate of drug-likeness (QED) is 0.593. The smallest absolute Gasteiger partial charge is 0.298 e. The van der Waals surface area contributed by atoms with Crippen LogP contribution in [-0.2, 0) is 4.79 Å². The molecule has 0 aliphatic carbocycles. The van der Waals surface area contributed by atoms with Crippen LogP contribution in [0, 0.1) is 10.1 Å². The Labute approximate surface area is 100 Å². The lowest BCUT2D eigenvalue weighted by Gasteiger charge is -2.16. The second-order valence-electron chi connectivity index (χ2n) is 4.19. The predicted molar refractivity (Wildman–Crippen MR) is 65.8 cm³/mol. The van der Waals surface area contributed by atoms with Gasteiger partial charge in [-0.2, -0.15) is 0 Å². The van der Waals surface area contributed by atoms with Gasteiger partial charge in [0.05, 0.1) is 0 Å². The van der Waals surface area contributed by atoms with E-state index < -0.39 is 17.4 Å². The molecule has 0 aliphatic heterocycles. The number of benzene rings is 1. The minimum atomic E-state index is -0.678. The summed E-state index contributed by atoms with van der Waals surface area (Å²) in [5.41, 5.74) is 1.84. The Kier molecular flexibility index (Phi) is 4.20. The van der Waals surface area contributed by atoms with E-state index in [-0.39, 0.29) is 0 Å². The fourth-order valence-electron chi connectivity index (χ4n) is 1.44. The molecule has 0 aromatic heterocycles. The standard InChI is InChI=1S/C12H16N2O3/c1-9(2)10-4-6-11(7-5-10)13(3)12(15)8-14(16)17/h4-7,9H,8H2,1-3H3. The largest absolute Gasteiger partial charge is 0.310 e. The Hall–Kier alpha value is -1.91. The second kappa shape index (κ2) is 5.43. The number of hydrogen-bond acceptors (Lipinski definition) is 3. The number of nitrogens with zero attached hydrogens (tertiary/aromatic N) is 2. The first-order chi connectivity index (χ1) is 7.91. The van der Waals surface area contributed by atoms with Crippen LogP contribution in [0.4, 0.5) is 5.69 Å². The molecule has 0 spiro atoms. The van der Waals surface area contributed by atoms with Gasteiger partial charge in [-0.05, 0) is 23.6 Å². The molecule has 1 rings (SSSR count). The maximum absolute atomic E-state index is 11.5. The van der Waals surface area contributed by atoms with Crippen LogP contribution in [0.2, 0.25) is 0 Å². The highest BCUT2D eigenvalue weighted by molar-refractivity contribution is 5.93. The number of nitro groups is 1. The monoisotopic (exact) mass is 236 g/mol. The third kappa shape index (κ3) is 3.55. The summed E-state index contributed by atoms with van der Waals surface area (Å²) in [6, 6.07) is 7.45. The predicted octanol–water partition coefficient (Wildman–Crippen LogP) is 2.05. The van der Waals surface area contributed by atoms with Gasteiger partial charge >= 0.3 is 0 Å². The van der Waals surface area contributed by atoms with Gasteiger partial charge in [-0.25, -0.2) is 0 Å². The van der Waals surface area contributed by atoms with Crippen molar-refractivity contribution in [2.75, 3.05) is 18.5 Å². The lowest BCUT2D eigenvalue weighted by molar-refractivity contribution is -0.467. The van der Waals surface area contributed by atoms with Crippen molar-refractivity contribution in [3.63, 3.8) is 0 Å². The van der Waals surface area contributed by atoms with E-state index in [9.17, 15) is 14.9 Å². The van der Waals surface area contributed by atoms with Crippen molar-refractivity contribution in [3.05, 3.63) is 39.9 Å². The Morgan fingerprint density at radius 1 is 1.35 bits per heavy atom. The highest BCUT2D eigenvalue weighted by atomic mass is 16.6. The van der Waals surface area contributed by atoms with Gasteiger partial charge in [0.15, 0.2) is 0 Å². The van der Waals surface area contributed by atoms with Crippen LogP contribution in [0.25, 0.3) is 0 Å². The molecular formula is C12H16N2O3. The fraction of sp³-hybridized carbons (Fsp3) is 0.417. The maximum atomic E-state index is 11.5. The van der Waals surface area contributed by atoms with E-state index in [0.29, 0.717) is 11.6 Å². The molecule has 0 atom stereocenters. The third-order valence-corrected chi connectivity index (χ3v) is 2.59. The molecule has 1 aromatic carbocycles. The number of hydrogen-bond donors (Lipinski definition) is 0. The van der Waals surface area contributed by atoms with Crippen LogP contribution >= 0.6 is 0 Å². The molecule has 0 radical (unpaired) electrons. The molecule has 1 aromatic rings. The molecule has 0 fully saturated rings. The first kappa shape index (κ1) is 13.2. The fourth-order valence-corrected chi connectivity index (χ4v) is 1.44. The molecule has 0 saturated heterocycles. The van der Waals surface area contributed by atoms with Crippen molar-refractivity contribution in [3.8, 4) is 0 Å². The lowest BCUT2D eigenvalue weighted by atomic mass is 10.0. The highest BCUT2D eigenvalue weighted by Crippen LogP contribution is 2.19. The van der Waals surface area contributed by atoms with Crippen molar-refractivity contribution in [1.82, 2.24) is 0 Å². The average molecular weight is 236 g/mol. The second-order valence-corrected chi connectivity index (χ2v) is 4.19. The van der Waals surface area contributed by atoms with Gasteiger partial charge in [0.25, 0.3) is 12.5 Å². The van der Waals surface area contributed by atoms with E-state index in [1.165, 1.54) is 17.5 Å². The normalized spacial score (nSPS) is 10.4. The summed E-state index contributed by atoms with van der Waals surface area (Å²) >= 11 is 0. The minimum Gasteiger partial charge on any atom is -0.310 e. The molecule has 5 nitrogen and oxygen atoms in total. The van der Waals surface area contributed by atoms with Gasteiger partial charge < -0.3 is 4.90 Å². The van der Waals surface area contributed by atoms with Crippen molar-refractivity contribution in [2.24, 2.45) is 0 Å². The number of anilines is 1. The Morgan fingerprint density at radius 3 is 2.29 bits per heavy atom. The summed E-state index contributed by atoms with van der Waals surface area (Å²) in [6.07, 6.45) is 0. The Bertz CT molecular complexity index is 412. The van der Waals surface area contributed by atoms with Gasteiger partial charge in [-0.1, -0.05) is 26.0 Å². The first-order valence-electron chi connectivity index (χ1n) is 5.40.